The lowest BCUT2D eigenvalue weighted by Gasteiger charge is -2.16. The number of likely N-dealkylation sites (tertiary alicyclic amines) is 1. The first kappa shape index (κ1) is 15.9. The van der Waals surface area contributed by atoms with Gasteiger partial charge in [-0.2, -0.15) is 0 Å². The quantitative estimate of drug-likeness (QED) is 0.930. The predicted molar refractivity (Wildman–Crippen MR) is 85.7 cm³/mol. The average molecular weight is 336 g/mol. The Morgan fingerprint density at radius 1 is 1.48 bits per heavy atom. The molecule has 1 aliphatic heterocycles. The van der Waals surface area contributed by atoms with Crippen LogP contribution in [0.5, 0.6) is 0 Å². The molecule has 0 bridgehead atoms. The van der Waals surface area contributed by atoms with Crippen molar-refractivity contribution in [1.29, 1.82) is 0 Å². The average Bonchev–Trinajstić information content (AvgIpc) is 3.13. The third kappa shape index (κ3) is 2.82. The number of rotatable bonds is 4. The van der Waals surface area contributed by atoms with Gasteiger partial charge in [-0.25, -0.2) is 4.39 Å². The molecular formula is C16H17FN2O3S. The lowest BCUT2D eigenvalue weighted by Crippen LogP contribution is -2.31. The predicted octanol–water partition coefficient (Wildman–Crippen LogP) is 2.13. The highest BCUT2D eigenvalue weighted by Crippen LogP contribution is 2.35. The molecule has 2 aromatic rings. The van der Waals surface area contributed by atoms with Gasteiger partial charge >= 0.3 is 0 Å². The molecule has 1 aromatic heterocycles. The standard InChI is InChI=1S/C16H17FN2O3S/c1-22-8-10-13-11(17)3-2-4-12(13)23-14(10)16(21)19-6-5-9(7-19)15(18)20/h2-4,9H,5-8H2,1H3,(H2,18,20)/t9-/m1/s1. The lowest BCUT2D eigenvalue weighted by molar-refractivity contribution is -0.121. The summed E-state index contributed by atoms with van der Waals surface area (Å²) < 4.78 is 20.0. The Labute approximate surface area is 136 Å². The molecule has 1 atom stereocenters. The monoisotopic (exact) mass is 336 g/mol. The van der Waals surface area contributed by atoms with Crippen molar-refractivity contribution < 1.29 is 18.7 Å². The van der Waals surface area contributed by atoms with Gasteiger partial charge in [-0.3, -0.25) is 9.59 Å². The van der Waals surface area contributed by atoms with E-state index < -0.39 is 0 Å². The molecule has 1 aromatic carbocycles. The normalized spacial score (nSPS) is 17.8. The van der Waals surface area contributed by atoms with E-state index in [1.807, 2.05) is 0 Å². The Morgan fingerprint density at radius 3 is 2.91 bits per heavy atom. The fraction of sp³-hybridized carbons (Fsp3) is 0.375. The summed E-state index contributed by atoms with van der Waals surface area (Å²) in [5, 5.41) is 0.438. The van der Waals surface area contributed by atoms with Crippen LogP contribution < -0.4 is 5.73 Å². The molecule has 122 valence electrons. The molecule has 3 rings (SSSR count). The number of benzene rings is 1. The second kappa shape index (κ2) is 6.25. The maximum atomic E-state index is 14.2. The topological polar surface area (TPSA) is 72.6 Å². The summed E-state index contributed by atoms with van der Waals surface area (Å²) in [5.74, 6) is -1.25. The molecule has 23 heavy (non-hydrogen) atoms. The van der Waals surface area contributed by atoms with Gasteiger partial charge < -0.3 is 15.4 Å². The molecular weight excluding hydrogens is 319 g/mol. The Balaban J connectivity index is 1.99. The first-order chi connectivity index (χ1) is 11.0. The molecule has 0 radical (unpaired) electrons. The molecule has 1 aliphatic rings. The summed E-state index contributed by atoms with van der Waals surface area (Å²) in [6.45, 7) is 0.960. The number of hydrogen-bond donors (Lipinski definition) is 1. The number of carbonyl (C=O) groups excluding carboxylic acids is 2. The zero-order valence-corrected chi connectivity index (χ0v) is 13.5. The molecule has 0 aliphatic carbocycles. The van der Waals surface area contributed by atoms with Crippen molar-refractivity contribution in [1.82, 2.24) is 4.90 Å². The Morgan fingerprint density at radius 2 is 2.26 bits per heavy atom. The van der Waals surface area contributed by atoms with E-state index in [4.69, 9.17) is 10.5 Å². The third-order valence-electron chi connectivity index (χ3n) is 4.12. The van der Waals surface area contributed by atoms with E-state index in [1.54, 1.807) is 17.0 Å². The minimum absolute atomic E-state index is 0.162. The number of primary amides is 1. The molecule has 1 saturated heterocycles. The maximum Gasteiger partial charge on any atom is 0.264 e. The van der Waals surface area contributed by atoms with Gasteiger partial charge in [0.15, 0.2) is 0 Å². The van der Waals surface area contributed by atoms with Crippen molar-refractivity contribution in [2.75, 3.05) is 20.2 Å². The number of ether oxygens (including phenoxy) is 1. The Kier molecular flexibility index (Phi) is 4.32. The molecule has 2 heterocycles. The number of nitrogens with zero attached hydrogens (tertiary/aromatic N) is 1. The van der Waals surface area contributed by atoms with E-state index in [2.05, 4.69) is 0 Å². The highest BCUT2D eigenvalue weighted by molar-refractivity contribution is 7.21. The van der Waals surface area contributed by atoms with Gasteiger partial charge in [0, 0.05) is 35.8 Å². The third-order valence-corrected chi connectivity index (χ3v) is 5.31. The Bertz CT molecular complexity index is 774. The fourth-order valence-corrected chi connectivity index (χ4v) is 4.13. The number of amides is 2. The van der Waals surface area contributed by atoms with Crippen LogP contribution in [0.1, 0.15) is 21.7 Å². The molecule has 2 N–H and O–H groups in total. The molecule has 5 nitrogen and oxygen atoms in total. The van der Waals surface area contributed by atoms with Crippen molar-refractivity contribution in [3.8, 4) is 0 Å². The van der Waals surface area contributed by atoms with Crippen LogP contribution in [0.25, 0.3) is 10.1 Å². The minimum Gasteiger partial charge on any atom is -0.380 e. The Hall–Kier alpha value is -1.99. The number of methoxy groups -OCH3 is 1. The second-order valence-electron chi connectivity index (χ2n) is 5.59. The van der Waals surface area contributed by atoms with Crippen LogP contribution in [0.15, 0.2) is 18.2 Å². The summed E-state index contributed by atoms with van der Waals surface area (Å²) in [6, 6.07) is 4.79. The van der Waals surface area contributed by atoms with Crippen molar-refractivity contribution in [2.24, 2.45) is 11.7 Å². The molecule has 0 unspecified atom stereocenters. The summed E-state index contributed by atoms with van der Waals surface area (Å²) >= 11 is 1.26. The second-order valence-corrected chi connectivity index (χ2v) is 6.65. The molecule has 0 spiro atoms. The smallest absolute Gasteiger partial charge is 0.264 e. The van der Waals surface area contributed by atoms with E-state index in [-0.39, 0.29) is 30.2 Å². The summed E-state index contributed by atoms with van der Waals surface area (Å²) in [4.78, 5) is 26.2. The molecule has 1 fully saturated rings. The highest BCUT2D eigenvalue weighted by Gasteiger charge is 2.32. The van der Waals surface area contributed by atoms with Crippen molar-refractivity contribution in [3.05, 3.63) is 34.5 Å². The molecule has 2 amide bonds. The number of hydrogen-bond acceptors (Lipinski definition) is 4. The number of thiophene rings is 1. The number of halogens is 1. The van der Waals surface area contributed by atoms with Gasteiger partial charge in [-0.1, -0.05) is 6.07 Å². The van der Waals surface area contributed by atoms with Crippen LogP contribution in [0.3, 0.4) is 0 Å². The highest BCUT2D eigenvalue weighted by atomic mass is 32.1. The fourth-order valence-electron chi connectivity index (χ4n) is 2.94. The summed E-state index contributed by atoms with van der Waals surface area (Å²) in [7, 11) is 1.51. The summed E-state index contributed by atoms with van der Waals surface area (Å²) in [6.07, 6.45) is 0.569. The van der Waals surface area contributed by atoms with Gasteiger partial charge in [0.2, 0.25) is 5.91 Å². The van der Waals surface area contributed by atoms with E-state index in [0.717, 1.165) is 0 Å². The van der Waals surface area contributed by atoms with E-state index in [0.29, 0.717) is 40.0 Å². The van der Waals surface area contributed by atoms with Gasteiger partial charge in [0.05, 0.1) is 17.4 Å². The van der Waals surface area contributed by atoms with Crippen molar-refractivity contribution in [2.45, 2.75) is 13.0 Å². The van der Waals surface area contributed by atoms with Crippen LogP contribution in [0.4, 0.5) is 4.39 Å². The van der Waals surface area contributed by atoms with Crippen LogP contribution in [0.2, 0.25) is 0 Å². The first-order valence-corrected chi connectivity index (χ1v) is 8.12. The molecule has 0 saturated carbocycles. The SMILES string of the molecule is COCc1c(C(=O)N2CC[C@@H](C(N)=O)C2)sc2cccc(F)c12. The van der Waals surface area contributed by atoms with Crippen LogP contribution >= 0.6 is 11.3 Å². The van der Waals surface area contributed by atoms with Crippen molar-refractivity contribution in [3.63, 3.8) is 0 Å². The van der Waals surface area contributed by atoms with Crippen molar-refractivity contribution >= 4 is 33.2 Å². The minimum atomic E-state index is -0.389. The van der Waals surface area contributed by atoms with Crippen LogP contribution in [-0.2, 0) is 16.1 Å². The molecule has 7 heteroatoms. The maximum absolute atomic E-state index is 14.2. The zero-order chi connectivity index (χ0) is 16.6. The van der Waals surface area contributed by atoms with Crippen LogP contribution in [-0.4, -0.2) is 36.9 Å². The van der Waals surface area contributed by atoms with E-state index >= 15 is 0 Å². The van der Waals surface area contributed by atoms with Gasteiger partial charge in [0.1, 0.15) is 5.82 Å². The largest absolute Gasteiger partial charge is 0.380 e. The zero-order valence-electron chi connectivity index (χ0n) is 12.7. The van der Waals surface area contributed by atoms with E-state index in [9.17, 15) is 14.0 Å². The number of carbonyl (C=O) groups is 2. The first-order valence-electron chi connectivity index (χ1n) is 7.30. The van der Waals surface area contributed by atoms with Gasteiger partial charge in [-0.05, 0) is 18.6 Å². The lowest BCUT2D eigenvalue weighted by atomic mass is 10.1. The number of nitrogens with two attached hydrogens (primary N) is 1. The van der Waals surface area contributed by atoms with E-state index in [1.165, 1.54) is 24.5 Å². The van der Waals surface area contributed by atoms with Crippen LogP contribution in [0, 0.1) is 11.7 Å². The van der Waals surface area contributed by atoms with Gasteiger partial charge in [-0.15, -0.1) is 11.3 Å². The summed E-state index contributed by atoms with van der Waals surface area (Å²) in [5.41, 5.74) is 5.88. The number of fused-ring (bicyclic) bond motifs is 1. The van der Waals surface area contributed by atoms with Gasteiger partial charge in [0.25, 0.3) is 5.91 Å².